The molecule has 68 valence electrons. The predicted octanol–water partition coefficient (Wildman–Crippen LogP) is 2.30. The van der Waals surface area contributed by atoms with E-state index < -0.39 is 0 Å². The minimum absolute atomic E-state index is 0.0336. The van der Waals surface area contributed by atoms with Crippen molar-refractivity contribution in [2.75, 3.05) is 6.61 Å². The lowest BCUT2D eigenvalue weighted by atomic mass is 10.1. The van der Waals surface area contributed by atoms with Crippen LogP contribution < -0.4 is 0 Å². The fraction of sp³-hybridized carbons (Fsp3) is 0.700. The zero-order valence-electron chi connectivity index (χ0n) is 8.02. The van der Waals surface area contributed by atoms with Gasteiger partial charge in [-0.2, -0.15) is 0 Å². The first-order chi connectivity index (χ1) is 5.65. The van der Waals surface area contributed by atoms with E-state index in [-0.39, 0.29) is 11.9 Å². The molecule has 0 aromatic heterocycles. The van der Waals surface area contributed by atoms with E-state index in [2.05, 4.69) is 13.8 Å². The molecular formula is C10H16O2. The Labute approximate surface area is 73.6 Å². The molecular weight excluding hydrogens is 152 g/mol. The van der Waals surface area contributed by atoms with Crippen LogP contribution in [-0.4, -0.2) is 12.6 Å². The van der Waals surface area contributed by atoms with Gasteiger partial charge in [0.2, 0.25) is 0 Å². The van der Waals surface area contributed by atoms with Crippen LogP contribution in [0.1, 0.15) is 33.6 Å². The molecule has 0 atom stereocenters. The SMILES string of the molecule is CCOC(=O)C1CC(C)=C(C)C1. The molecule has 0 saturated heterocycles. The summed E-state index contributed by atoms with van der Waals surface area (Å²) in [6.07, 6.45) is 1.79. The number of ether oxygens (including phenoxy) is 1. The lowest BCUT2D eigenvalue weighted by Crippen LogP contribution is -2.15. The third-order valence-corrected chi connectivity index (χ3v) is 2.45. The second kappa shape index (κ2) is 3.74. The van der Waals surface area contributed by atoms with Gasteiger partial charge in [0, 0.05) is 0 Å². The first kappa shape index (κ1) is 9.30. The second-order valence-electron chi connectivity index (χ2n) is 3.42. The largest absolute Gasteiger partial charge is 0.466 e. The molecule has 0 spiro atoms. The zero-order valence-corrected chi connectivity index (χ0v) is 8.02. The van der Waals surface area contributed by atoms with E-state index >= 15 is 0 Å². The van der Waals surface area contributed by atoms with Crippen molar-refractivity contribution in [3.8, 4) is 0 Å². The molecule has 1 rings (SSSR count). The van der Waals surface area contributed by atoms with Crippen molar-refractivity contribution in [1.82, 2.24) is 0 Å². The van der Waals surface area contributed by atoms with Crippen LogP contribution in [0.5, 0.6) is 0 Å². The maximum Gasteiger partial charge on any atom is 0.309 e. The molecule has 12 heavy (non-hydrogen) atoms. The summed E-state index contributed by atoms with van der Waals surface area (Å²) in [6.45, 7) is 6.52. The number of carbonyl (C=O) groups excluding carboxylic acids is 1. The zero-order chi connectivity index (χ0) is 9.14. The standard InChI is InChI=1S/C10H16O2/c1-4-12-10(11)9-5-7(2)8(3)6-9/h9H,4-6H2,1-3H3. The molecule has 0 saturated carbocycles. The molecule has 0 aliphatic heterocycles. The summed E-state index contributed by atoms with van der Waals surface area (Å²) in [7, 11) is 0. The summed E-state index contributed by atoms with van der Waals surface area (Å²) in [5.74, 6) is 0.0682. The van der Waals surface area contributed by atoms with Gasteiger partial charge in [0.25, 0.3) is 0 Å². The fourth-order valence-corrected chi connectivity index (χ4v) is 1.59. The minimum atomic E-state index is -0.0336. The first-order valence-corrected chi connectivity index (χ1v) is 4.47. The Morgan fingerprint density at radius 3 is 2.33 bits per heavy atom. The summed E-state index contributed by atoms with van der Waals surface area (Å²) >= 11 is 0. The van der Waals surface area contributed by atoms with Gasteiger partial charge in [-0.25, -0.2) is 0 Å². The van der Waals surface area contributed by atoms with Crippen molar-refractivity contribution in [3.63, 3.8) is 0 Å². The van der Waals surface area contributed by atoms with Gasteiger partial charge in [-0.15, -0.1) is 0 Å². The number of carbonyl (C=O) groups is 1. The lowest BCUT2D eigenvalue weighted by molar-refractivity contribution is -0.147. The Hall–Kier alpha value is -0.790. The summed E-state index contributed by atoms with van der Waals surface area (Å²) in [4.78, 5) is 11.3. The van der Waals surface area contributed by atoms with Gasteiger partial charge in [0.1, 0.15) is 0 Å². The number of rotatable bonds is 2. The topological polar surface area (TPSA) is 26.3 Å². The van der Waals surface area contributed by atoms with Gasteiger partial charge < -0.3 is 4.74 Å². The van der Waals surface area contributed by atoms with E-state index in [1.165, 1.54) is 11.1 Å². The van der Waals surface area contributed by atoms with Crippen molar-refractivity contribution < 1.29 is 9.53 Å². The van der Waals surface area contributed by atoms with E-state index in [4.69, 9.17) is 4.74 Å². The van der Waals surface area contributed by atoms with Crippen LogP contribution in [0.2, 0.25) is 0 Å². The van der Waals surface area contributed by atoms with Crippen LogP contribution in [0.4, 0.5) is 0 Å². The number of esters is 1. The van der Waals surface area contributed by atoms with Gasteiger partial charge >= 0.3 is 5.97 Å². The minimum Gasteiger partial charge on any atom is -0.466 e. The van der Waals surface area contributed by atoms with Crippen molar-refractivity contribution in [2.45, 2.75) is 33.6 Å². The molecule has 1 aliphatic carbocycles. The average molecular weight is 168 g/mol. The molecule has 0 heterocycles. The second-order valence-corrected chi connectivity index (χ2v) is 3.42. The summed E-state index contributed by atoms with van der Waals surface area (Å²) < 4.78 is 4.96. The summed E-state index contributed by atoms with van der Waals surface area (Å²) in [5, 5.41) is 0. The van der Waals surface area contributed by atoms with Crippen LogP contribution in [0.25, 0.3) is 0 Å². The first-order valence-electron chi connectivity index (χ1n) is 4.47. The molecule has 0 N–H and O–H groups in total. The Balaban J connectivity index is 2.46. The molecule has 0 amide bonds. The molecule has 0 aromatic carbocycles. The molecule has 2 nitrogen and oxygen atoms in total. The van der Waals surface area contributed by atoms with Crippen molar-refractivity contribution in [2.24, 2.45) is 5.92 Å². The Morgan fingerprint density at radius 1 is 1.42 bits per heavy atom. The average Bonchev–Trinajstić information content (AvgIpc) is 2.33. The van der Waals surface area contributed by atoms with Crippen LogP contribution in [-0.2, 0) is 9.53 Å². The van der Waals surface area contributed by atoms with Gasteiger partial charge in [0.05, 0.1) is 12.5 Å². The summed E-state index contributed by atoms with van der Waals surface area (Å²) in [5.41, 5.74) is 2.71. The molecule has 0 bridgehead atoms. The molecule has 0 fully saturated rings. The molecule has 0 unspecified atom stereocenters. The van der Waals surface area contributed by atoms with Gasteiger partial charge in [-0.3, -0.25) is 4.79 Å². The number of hydrogen-bond acceptors (Lipinski definition) is 2. The van der Waals surface area contributed by atoms with E-state index in [1.807, 2.05) is 6.92 Å². The fourth-order valence-electron chi connectivity index (χ4n) is 1.59. The quantitative estimate of drug-likeness (QED) is 0.467. The van der Waals surface area contributed by atoms with Gasteiger partial charge in [-0.1, -0.05) is 11.1 Å². The van der Waals surface area contributed by atoms with Crippen molar-refractivity contribution in [3.05, 3.63) is 11.1 Å². The molecule has 2 heteroatoms. The third-order valence-electron chi connectivity index (χ3n) is 2.45. The Bertz CT molecular complexity index is 202. The van der Waals surface area contributed by atoms with E-state index in [9.17, 15) is 4.79 Å². The number of allylic oxidation sites excluding steroid dienone is 2. The van der Waals surface area contributed by atoms with Crippen molar-refractivity contribution >= 4 is 5.97 Å². The maximum atomic E-state index is 11.3. The highest BCUT2D eigenvalue weighted by molar-refractivity contribution is 5.74. The summed E-state index contributed by atoms with van der Waals surface area (Å²) in [6, 6.07) is 0. The van der Waals surface area contributed by atoms with Crippen LogP contribution in [0, 0.1) is 5.92 Å². The van der Waals surface area contributed by atoms with Crippen LogP contribution in [0.3, 0.4) is 0 Å². The van der Waals surface area contributed by atoms with E-state index in [1.54, 1.807) is 0 Å². The predicted molar refractivity (Wildman–Crippen MR) is 47.7 cm³/mol. The third kappa shape index (κ3) is 1.87. The smallest absolute Gasteiger partial charge is 0.309 e. The van der Waals surface area contributed by atoms with Gasteiger partial charge in [0.15, 0.2) is 0 Å². The lowest BCUT2D eigenvalue weighted by Gasteiger charge is -2.07. The van der Waals surface area contributed by atoms with E-state index in [0.717, 1.165) is 12.8 Å². The van der Waals surface area contributed by atoms with E-state index in [0.29, 0.717) is 6.61 Å². The highest BCUT2D eigenvalue weighted by atomic mass is 16.5. The Kier molecular flexibility index (Phi) is 2.90. The molecule has 1 aliphatic rings. The van der Waals surface area contributed by atoms with Crippen LogP contribution >= 0.6 is 0 Å². The molecule has 0 aromatic rings. The maximum absolute atomic E-state index is 11.3. The van der Waals surface area contributed by atoms with Gasteiger partial charge in [-0.05, 0) is 33.6 Å². The number of hydrogen-bond donors (Lipinski definition) is 0. The normalized spacial score (nSPS) is 18.6. The highest BCUT2D eigenvalue weighted by Crippen LogP contribution is 2.31. The Morgan fingerprint density at radius 2 is 1.92 bits per heavy atom. The van der Waals surface area contributed by atoms with Crippen LogP contribution in [0.15, 0.2) is 11.1 Å². The van der Waals surface area contributed by atoms with Crippen molar-refractivity contribution in [1.29, 1.82) is 0 Å². The molecule has 0 radical (unpaired) electrons. The highest BCUT2D eigenvalue weighted by Gasteiger charge is 2.26. The monoisotopic (exact) mass is 168 g/mol.